The third-order valence-electron chi connectivity index (χ3n) is 3.16. The van der Waals surface area contributed by atoms with Crippen molar-refractivity contribution in [3.8, 4) is 23.0 Å². The minimum Gasteiger partial charge on any atom is -0.505 e. The number of nitrogens with one attached hydrogen (secondary N) is 1. The normalized spacial score (nSPS) is 12.3. The van der Waals surface area contributed by atoms with E-state index in [0.29, 0.717) is 29.5 Å². The Morgan fingerprint density at radius 3 is 2.90 bits per heavy atom. The van der Waals surface area contributed by atoms with E-state index in [1.54, 1.807) is 13.2 Å². The number of phenols is 1. The molecule has 0 spiro atoms. The monoisotopic (exact) mass is 291 g/mol. The van der Waals surface area contributed by atoms with E-state index < -0.39 is 5.82 Å². The quantitative estimate of drug-likeness (QED) is 0.848. The summed E-state index contributed by atoms with van der Waals surface area (Å²) in [5, 5.41) is 12.2. The molecule has 0 saturated heterocycles. The molecule has 5 nitrogen and oxygen atoms in total. The largest absolute Gasteiger partial charge is 0.505 e. The fourth-order valence-corrected chi connectivity index (χ4v) is 2.11. The molecule has 6 heteroatoms. The number of hydrogen-bond acceptors (Lipinski definition) is 5. The molecule has 0 bridgehead atoms. The summed E-state index contributed by atoms with van der Waals surface area (Å²) in [5.41, 5.74) is 1.48. The fourth-order valence-electron chi connectivity index (χ4n) is 2.11. The van der Waals surface area contributed by atoms with Gasteiger partial charge in [0, 0.05) is 18.3 Å². The van der Waals surface area contributed by atoms with Crippen LogP contribution in [-0.4, -0.2) is 19.0 Å². The summed E-state index contributed by atoms with van der Waals surface area (Å²) in [6.45, 7) is 0.628. The molecule has 21 heavy (non-hydrogen) atoms. The minimum atomic E-state index is -0.664. The van der Waals surface area contributed by atoms with Gasteiger partial charge in [-0.05, 0) is 29.8 Å². The Balaban J connectivity index is 1.77. The van der Waals surface area contributed by atoms with E-state index in [1.165, 1.54) is 12.1 Å². The van der Waals surface area contributed by atoms with Crippen molar-refractivity contribution in [3.63, 3.8) is 0 Å². The molecule has 1 aliphatic rings. The summed E-state index contributed by atoms with van der Waals surface area (Å²) in [4.78, 5) is 0. The van der Waals surface area contributed by atoms with Gasteiger partial charge in [0.1, 0.15) is 0 Å². The van der Waals surface area contributed by atoms with Gasteiger partial charge >= 0.3 is 0 Å². The molecule has 0 saturated carbocycles. The van der Waals surface area contributed by atoms with Crippen LogP contribution in [0.4, 0.5) is 10.1 Å². The van der Waals surface area contributed by atoms with Crippen molar-refractivity contribution in [2.75, 3.05) is 19.2 Å². The van der Waals surface area contributed by atoms with Gasteiger partial charge in [-0.15, -0.1) is 0 Å². The third kappa shape index (κ3) is 2.65. The summed E-state index contributed by atoms with van der Waals surface area (Å²) in [6, 6.07) is 7.81. The summed E-state index contributed by atoms with van der Waals surface area (Å²) >= 11 is 0. The van der Waals surface area contributed by atoms with E-state index in [-0.39, 0.29) is 12.5 Å². The summed E-state index contributed by atoms with van der Waals surface area (Å²) < 4.78 is 29.2. The molecule has 1 aliphatic heterocycles. The van der Waals surface area contributed by atoms with Crippen LogP contribution in [0.15, 0.2) is 30.3 Å². The maximum Gasteiger partial charge on any atom is 0.231 e. The number of ether oxygens (including phenoxy) is 3. The van der Waals surface area contributed by atoms with Crippen LogP contribution in [0, 0.1) is 5.82 Å². The molecule has 0 unspecified atom stereocenters. The van der Waals surface area contributed by atoms with Gasteiger partial charge in [0.2, 0.25) is 12.5 Å². The van der Waals surface area contributed by atoms with Crippen molar-refractivity contribution in [1.82, 2.24) is 0 Å². The van der Waals surface area contributed by atoms with E-state index in [1.807, 2.05) is 12.1 Å². The van der Waals surface area contributed by atoms with Crippen LogP contribution in [0.25, 0.3) is 0 Å². The lowest BCUT2D eigenvalue weighted by Crippen LogP contribution is -2.00. The molecular formula is C15H14FNO4. The first-order valence-corrected chi connectivity index (χ1v) is 6.36. The highest BCUT2D eigenvalue weighted by atomic mass is 19.1. The van der Waals surface area contributed by atoms with E-state index >= 15 is 0 Å². The van der Waals surface area contributed by atoms with Gasteiger partial charge < -0.3 is 24.6 Å². The molecule has 0 aromatic heterocycles. The van der Waals surface area contributed by atoms with Crippen LogP contribution in [0.3, 0.4) is 0 Å². The topological polar surface area (TPSA) is 60.0 Å². The number of hydrogen-bond donors (Lipinski definition) is 2. The maximum absolute atomic E-state index is 13.3. The maximum atomic E-state index is 13.3. The van der Waals surface area contributed by atoms with Gasteiger partial charge in [0.05, 0.1) is 7.11 Å². The molecular weight excluding hydrogens is 277 g/mol. The molecule has 2 N–H and O–H groups in total. The predicted octanol–water partition coefficient (Wildman–Crippen LogP) is 2.88. The first kappa shape index (κ1) is 13.4. The van der Waals surface area contributed by atoms with Crippen molar-refractivity contribution in [2.24, 2.45) is 0 Å². The van der Waals surface area contributed by atoms with Crippen molar-refractivity contribution >= 4 is 5.69 Å². The highest BCUT2D eigenvalue weighted by molar-refractivity contribution is 5.56. The number of halogens is 1. The zero-order valence-electron chi connectivity index (χ0n) is 11.4. The molecule has 0 radical (unpaired) electrons. The smallest absolute Gasteiger partial charge is 0.231 e. The van der Waals surface area contributed by atoms with Crippen LogP contribution in [0.5, 0.6) is 23.0 Å². The summed E-state index contributed by atoms with van der Waals surface area (Å²) in [6.07, 6.45) is 0. The first-order chi connectivity index (χ1) is 10.2. The Kier molecular flexibility index (Phi) is 3.43. The van der Waals surface area contributed by atoms with Crippen LogP contribution >= 0.6 is 0 Å². The van der Waals surface area contributed by atoms with E-state index in [9.17, 15) is 4.39 Å². The number of methoxy groups -OCH3 is 1. The van der Waals surface area contributed by atoms with Crippen LogP contribution in [0.1, 0.15) is 5.56 Å². The van der Waals surface area contributed by atoms with E-state index in [0.717, 1.165) is 5.56 Å². The van der Waals surface area contributed by atoms with Gasteiger partial charge in [0.25, 0.3) is 0 Å². The van der Waals surface area contributed by atoms with Crippen molar-refractivity contribution in [1.29, 1.82) is 0 Å². The number of benzene rings is 2. The highest BCUT2D eigenvalue weighted by Gasteiger charge is 2.19. The fraction of sp³-hybridized carbons (Fsp3) is 0.200. The number of aromatic hydroxyl groups is 1. The van der Waals surface area contributed by atoms with Gasteiger partial charge in [-0.25, -0.2) is 4.39 Å². The predicted molar refractivity (Wildman–Crippen MR) is 74.5 cm³/mol. The average molecular weight is 291 g/mol. The van der Waals surface area contributed by atoms with Gasteiger partial charge in [-0.2, -0.15) is 0 Å². The Labute approximate surface area is 120 Å². The Bertz CT molecular complexity index is 675. The Morgan fingerprint density at radius 1 is 1.29 bits per heavy atom. The molecule has 0 amide bonds. The lowest BCUT2D eigenvalue weighted by molar-refractivity contribution is 0.171. The second-order valence-electron chi connectivity index (χ2n) is 4.55. The zero-order valence-corrected chi connectivity index (χ0v) is 11.4. The molecule has 1 heterocycles. The lowest BCUT2D eigenvalue weighted by atomic mass is 10.1. The SMILES string of the molecule is COc1cc(CNc2ccc(O)c(F)c2)cc2c1OCO2. The number of phenolic OH excluding ortho intramolecular Hbond substituents is 1. The van der Waals surface area contributed by atoms with Crippen molar-refractivity contribution in [3.05, 3.63) is 41.7 Å². The van der Waals surface area contributed by atoms with E-state index in [2.05, 4.69) is 5.32 Å². The highest BCUT2D eigenvalue weighted by Crippen LogP contribution is 2.41. The van der Waals surface area contributed by atoms with Crippen LogP contribution in [-0.2, 0) is 6.54 Å². The summed E-state index contributed by atoms with van der Waals surface area (Å²) in [7, 11) is 1.56. The molecule has 0 atom stereocenters. The molecule has 2 aromatic carbocycles. The third-order valence-corrected chi connectivity index (χ3v) is 3.16. The van der Waals surface area contributed by atoms with Gasteiger partial charge in [-0.3, -0.25) is 0 Å². The Morgan fingerprint density at radius 2 is 2.14 bits per heavy atom. The Hall–Kier alpha value is -2.63. The van der Waals surface area contributed by atoms with Crippen LogP contribution in [0.2, 0.25) is 0 Å². The lowest BCUT2D eigenvalue weighted by Gasteiger charge is -2.10. The second-order valence-corrected chi connectivity index (χ2v) is 4.55. The van der Waals surface area contributed by atoms with E-state index in [4.69, 9.17) is 19.3 Å². The number of anilines is 1. The first-order valence-electron chi connectivity index (χ1n) is 6.36. The molecule has 0 aliphatic carbocycles. The van der Waals surface area contributed by atoms with Gasteiger partial charge in [0.15, 0.2) is 23.1 Å². The van der Waals surface area contributed by atoms with Crippen LogP contribution < -0.4 is 19.5 Å². The average Bonchev–Trinajstić information content (AvgIpc) is 2.96. The van der Waals surface area contributed by atoms with Gasteiger partial charge in [-0.1, -0.05) is 0 Å². The molecule has 3 rings (SSSR count). The number of fused-ring (bicyclic) bond motifs is 1. The zero-order chi connectivity index (χ0) is 14.8. The minimum absolute atomic E-state index is 0.172. The second kappa shape index (κ2) is 5.40. The summed E-state index contributed by atoms with van der Waals surface area (Å²) in [5.74, 6) is 0.784. The van der Waals surface area contributed by atoms with Crippen molar-refractivity contribution in [2.45, 2.75) is 6.54 Å². The molecule has 110 valence electrons. The van der Waals surface area contributed by atoms with Crippen molar-refractivity contribution < 1.29 is 23.7 Å². The molecule has 0 fully saturated rings. The number of rotatable bonds is 4. The molecule has 2 aromatic rings. The standard InChI is InChI=1S/C15H14FNO4/c1-19-13-4-9(5-14-15(13)21-8-20-14)7-17-10-2-3-12(18)11(16)6-10/h2-6,17-18H,7-8H2,1H3.